The lowest BCUT2D eigenvalue weighted by molar-refractivity contribution is -0.141. The molecule has 0 radical (unpaired) electrons. The van der Waals surface area contributed by atoms with Crippen LogP contribution in [0.2, 0.25) is 0 Å². The number of aromatic nitrogens is 2. The zero-order valence-electron chi connectivity index (χ0n) is 16.0. The molecule has 1 saturated carbocycles. The van der Waals surface area contributed by atoms with Gasteiger partial charge in [-0.3, -0.25) is 9.59 Å². The maximum Gasteiger partial charge on any atom is 0.433 e. The monoisotopic (exact) mass is 411 g/mol. The molecule has 1 aromatic heterocycles. The number of carbonyl (C=O) groups is 2. The number of rotatable bonds is 4. The summed E-state index contributed by atoms with van der Waals surface area (Å²) in [5.41, 5.74) is -0.930. The number of hydrogen-bond acceptors (Lipinski definition) is 5. The lowest BCUT2D eigenvalue weighted by Crippen LogP contribution is -2.51. The molecule has 1 aromatic rings. The zero-order chi connectivity index (χ0) is 20.6. The molecule has 3 heterocycles. The van der Waals surface area contributed by atoms with Crippen molar-refractivity contribution in [3.05, 3.63) is 18.1 Å². The smallest absolute Gasteiger partial charge is 0.355 e. The molecule has 2 saturated heterocycles. The molecule has 2 amide bonds. The van der Waals surface area contributed by atoms with Gasteiger partial charge in [-0.2, -0.15) is 13.2 Å². The molecule has 158 valence electrons. The number of piperidine rings is 2. The molecule has 3 aliphatic rings. The van der Waals surface area contributed by atoms with Crippen LogP contribution < -0.4 is 10.2 Å². The third kappa shape index (κ3) is 4.45. The fourth-order valence-electron chi connectivity index (χ4n) is 4.23. The Morgan fingerprint density at radius 3 is 2.38 bits per heavy atom. The van der Waals surface area contributed by atoms with Crippen LogP contribution in [0.5, 0.6) is 0 Å². The Kier molecular flexibility index (Phi) is 5.35. The highest BCUT2D eigenvalue weighted by Crippen LogP contribution is 2.37. The second-order valence-corrected chi connectivity index (χ2v) is 7.99. The maximum absolute atomic E-state index is 13.1. The van der Waals surface area contributed by atoms with Crippen LogP contribution in [0.4, 0.5) is 19.0 Å². The minimum atomic E-state index is -4.50. The van der Waals surface area contributed by atoms with Gasteiger partial charge in [-0.05, 0) is 32.1 Å². The molecule has 29 heavy (non-hydrogen) atoms. The van der Waals surface area contributed by atoms with Gasteiger partial charge in [0.1, 0.15) is 17.8 Å². The number of nitrogens with zero attached hydrogens (tertiary/aromatic N) is 4. The van der Waals surface area contributed by atoms with Crippen LogP contribution in [0.3, 0.4) is 0 Å². The number of anilines is 1. The summed E-state index contributed by atoms with van der Waals surface area (Å²) in [6, 6.07) is 1.28. The van der Waals surface area contributed by atoms with Crippen molar-refractivity contribution in [2.75, 3.05) is 24.5 Å². The number of halogens is 3. The molecule has 1 aliphatic carbocycles. The van der Waals surface area contributed by atoms with Gasteiger partial charge in [0.15, 0.2) is 0 Å². The van der Waals surface area contributed by atoms with Crippen LogP contribution in [-0.2, 0) is 15.8 Å². The summed E-state index contributed by atoms with van der Waals surface area (Å²) in [6.07, 6.45) is 0.664. The Hall–Kier alpha value is -2.39. The fourth-order valence-corrected chi connectivity index (χ4v) is 4.23. The van der Waals surface area contributed by atoms with Crippen LogP contribution in [0.25, 0.3) is 0 Å². The summed E-state index contributed by atoms with van der Waals surface area (Å²) in [4.78, 5) is 35.3. The average Bonchev–Trinajstić information content (AvgIpc) is 3.53. The van der Waals surface area contributed by atoms with E-state index >= 15 is 0 Å². The molecule has 3 fully saturated rings. The largest absolute Gasteiger partial charge is 0.433 e. The lowest BCUT2D eigenvalue weighted by Gasteiger charge is -2.40. The van der Waals surface area contributed by atoms with Gasteiger partial charge in [0.25, 0.3) is 0 Å². The fraction of sp³-hybridized carbons (Fsp3) is 0.684. The molecule has 4 rings (SSSR count). The highest BCUT2D eigenvalue weighted by Gasteiger charge is 2.40. The molecule has 10 heteroatoms. The quantitative estimate of drug-likeness (QED) is 0.820. The number of nitrogens with one attached hydrogen (secondary N) is 1. The number of amides is 2. The van der Waals surface area contributed by atoms with E-state index in [1.807, 2.05) is 9.80 Å². The molecule has 0 spiro atoms. The van der Waals surface area contributed by atoms with E-state index in [0.717, 1.165) is 25.2 Å². The number of likely N-dealkylation sites (tertiary alicyclic amines) is 1. The molecule has 0 bridgehead atoms. The zero-order valence-corrected chi connectivity index (χ0v) is 16.0. The van der Waals surface area contributed by atoms with E-state index in [4.69, 9.17) is 0 Å². The van der Waals surface area contributed by atoms with Crippen molar-refractivity contribution < 1.29 is 22.8 Å². The van der Waals surface area contributed by atoms with E-state index in [9.17, 15) is 22.8 Å². The van der Waals surface area contributed by atoms with E-state index in [2.05, 4.69) is 15.3 Å². The SMILES string of the molecule is O=C1CCC(C(=O)N2CCC(N(c3cc(C(F)(F)F)ncn3)C3CC3)CC2)CN1. The van der Waals surface area contributed by atoms with Gasteiger partial charge in [-0.1, -0.05) is 0 Å². The third-order valence-corrected chi connectivity index (χ3v) is 5.93. The van der Waals surface area contributed by atoms with Crippen molar-refractivity contribution in [1.82, 2.24) is 20.2 Å². The second kappa shape index (κ2) is 7.79. The minimum Gasteiger partial charge on any atom is -0.355 e. The van der Waals surface area contributed by atoms with Gasteiger partial charge < -0.3 is 15.1 Å². The summed E-state index contributed by atoms with van der Waals surface area (Å²) in [7, 11) is 0. The van der Waals surface area contributed by atoms with E-state index in [1.54, 1.807) is 0 Å². The van der Waals surface area contributed by atoms with Crippen molar-refractivity contribution in [3.63, 3.8) is 0 Å². The molecule has 1 unspecified atom stereocenters. The van der Waals surface area contributed by atoms with Crippen molar-refractivity contribution in [2.45, 2.75) is 56.8 Å². The Bertz CT molecular complexity index is 765. The summed E-state index contributed by atoms with van der Waals surface area (Å²) < 4.78 is 39.2. The average molecular weight is 411 g/mol. The first-order valence-electron chi connectivity index (χ1n) is 10.1. The minimum absolute atomic E-state index is 0.0177. The Balaban J connectivity index is 1.41. The number of carbonyl (C=O) groups excluding carboxylic acids is 2. The third-order valence-electron chi connectivity index (χ3n) is 5.93. The van der Waals surface area contributed by atoms with Gasteiger partial charge in [0.2, 0.25) is 11.8 Å². The Morgan fingerprint density at radius 2 is 1.79 bits per heavy atom. The predicted octanol–water partition coefficient (Wildman–Crippen LogP) is 1.98. The molecule has 1 atom stereocenters. The van der Waals surface area contributed by atoms with E-state index in [-0.39, 0.29) is 29.8 Å². The molecular weight excluding hydrogens is 387 g/mol. The van der Waals surface area contributed by atoms with Gasteiger partial charge in [0.05, 0.1) is 5.92 Å². The first kappa shape index (κ1) is 19.9. The highest BCUT2D eigenvalue weighted by molar-refractivity contribution is 5.83. The first-order chi connectivity index (χ1) is 13.8. The summed E-state index contributed by atoms with van der Waals surface area (Å²) in [5, 5.41) is 2.74. The molecule has 2 aliphatic heterocycles. The molecule has 7 nitrogen and oxygen atoms in total. The van der Waals surface area contributed by atoms with Crippen LogP contribution in [0.15, 0.2) is 12.4 Å². The summed E-state index contributed by atoms with van der Waals surface area (Å²) >= 11 is 0. The Morgan fingerprint density at radius 1 is 1.10 bits per heavy atom. The first-order valence-corrected chi connectivity index (χ1v) is 10.1. The van der Waals surface area contributed by atoms with Gasteiger partial charge >= 0.3 is 6.18 Å². The van der Waals surface area contributed by atoms with Crippen LogP contribution >= 0.6 is 0 Å². The number of hydrogen-bond donors (Lipinski definition) is 1. The van der Waals surface area contributed by atoms with Crippen molar-refractivity contribution in [2.24, 2.45) is 5.92 Å². The summed E-state index contributed by atoms with van der Waals surface area (Å²) in [6.45, 7) is 1.51. The van der Waals surface area contributed by atoms with E-state index < -0.39 is 11.9 Å². The normalized spacial score (nSPS) is 23.6. The maximum atomic E-state index is 13.1. The Labute approximate surface area is 166 Å². The summed E-state index contributed by atoms with van der Waals surface area (Å²) in [5.74, 6) is 0.174. The van der Waals surface area contributed by atoms with Gasteiger partial charge in [-0.25, -0.2) is 9.97 Å². The molecule has 1 N–H and O–H groups in total. The van der Waals surface area contributed by atoms with E-state index in [1.165, 1.54) is 0 Å². The standard InChI is InChI=1S/C19H24F3N5O2/c20-19(21,22)15-9-16(25-11-24-15)27(13-2-3-13)14-5-7-26(8-6-14)18(29)12-1-4-17(28)23-10-12/h9,11-14H,1-8,10H2,(H,23,28). The van der Waals surface area contributed by atoms with Crippen LogP contribution in [-0.4, -0.2) is 58.4 Å². The van der Waals surface area contributed by atoms with Gasteiger partial charge in [-0.15, -0.1) is 0 Å². The topological polar surface area (TPSA) is 78.4 Å². The van der Waals surface area contributed by atoms with Crippen molar-refractivity contribution in [1.29, 1.82) is 0 Å². The molecular formula is C19H24F3N5O2. The number of alkyl halides is 3. The van der Waals surface area contributed by atoms with Crippen molar-refractivity contribution >= 4 is 17.6 Å². The van der Waals surface area contributed by atoms with E-state index in [0.29, 0.717) is 51.1 Å². The van der Waals surface area contributed by atoms with Crippen LogP contribution in [0, 0.1) is 5.92 Å². The highest BCUT2D eigenvalue weighted by atomic mass is 19.4. The van der Waals surface area contributed by atoms with Gasteiger partial charge in [0, 0.05) is 44.2 Å². The predicted molar refractivity (Wildman–Crippen MR) is 97.9 cm³/mol. The second-order valence-electron chi connectivity index (χ2n) is 7.99. The lowest BCUT2D eigenvalue weighted by atomic mass is 9.95. The molecule has 0 aromatic carbocycles. The van der Waals surface area contributed by atoms with Crippen molar-refractivity contribution in [3.8, 4) is 0 Å². The van der Waals surface area contributed by atoms with Crippen LogP contribution in [0.1, 0.15) is 44.2 Å².